The number of rotatable bonds is 9. The molecule has 32 heavy (non-hydrogen) atoms. The van der Waals surface area contributed by atoms with Gasteiger partial charge in [-0.25, -0.2) is 17.7 Å². The summed E-state index contributed by atoms with van der Waals surface area (Å²) in [7, 11) is -0.491. The van der Waals surface area contributed by atoms with E-state index >= 15 is 0 Å². The highest BCUT2D eigenvalue weighted by Gasteiger charge is 2.35. The topological polar surface area (TPSA) is 101 Å². The summed E-state index contributed by atoms with van der Waals surface area (Å²) in [6, 6.07) is 5.31. The second-order valence-electron chi connectivity index (χ2n) is 7.70. The van der Waals surface area contributed by atoms with Gasteiger partial charge >= 0.3 is 0 Å². The number of benzene rings is 1. The predicted octanol–water partition coefficient (Wildman–Crippen LogP) is 3.36. The second kappa shape index (κ2) is 9.08. The first kappa shape index (κ1) is 23.1. The fourth-order valence-electron chi connectivity index (χ4n) is 3.45. The van der Waals surface area contributed by atoms with Crippen molar-refractivity contribution in [1.29, 1.82) is 0 Å². The fraction of sp³-hybridized carbons (Fsp3) is 0.500. The zero-order valence-corrected chi connectivity index (χ0v) is 20.9. The third-order valence-electron chi connectivity index (χ3n) is 5.30. The molecule has 1 amide bonds. The minimum Gasteiger partial charge on any atom is -0.328 e. The Balaban J connectivity index is 1.56. The van der Waals surface area contributed by atoms with E-state index in [2.05, 4.69) is 14.8 Å². The third kappa shape index (κ3) is 4.41. The molecule has 2 aromatic heterocycles. The molecule has 1 aliphatic rings. The predicted molar refractivity (Wildman–Crippen MR) is 127 cm³/mol. The molecule has 12 heteroatoms. The lowest BCUT2D eigenvalue weighted by Gasteiger charge is -2.17. The van der Waals surface area contributed by atoms with Crippen molar-refractivity contribution >= 4 is 55.2 Å². The summed E-state index contributed by atoms with van der Waals surface area (Å²) in [4.78, 5) is 19.0. The number of nitrogens with zero attached hydrogens (tertiary/aromatic N) is 6. The molecule has 0 radical (unpaired) electrons. The first-order valence-electron chi connectivity index (χ1n) is 10.5. The molecule has 2 heterocycles. The molecule has 0 bridgehead atoms. The molecule has 0 N–H and O–H groups in total. The maximum absolute atomic E-state index is 12.5. The van der Waals surface area contributed by atoms with Crippen molar-refractivity contribution < 1.29 is 13.2 Å². The van der Waals surface area contributed by atoms with Crippen LogP contribution < -0.4 is 4.90 Å². The number of hydrogen-bond acceptors (Lipinski definition) is 8. The van der Waals surface area contributed by atoms with Crippen molar-refractivity contribution in [3.8, 4) is 0 Å². The number of carbonyl (C=O) groups excluding carboxylic acids is 1. The Morgan fingerprint density at radius 3 is 2.62 bits per heavy atom. The first-order valence-corrected chi connectivity index (χ1v) is 13.7. The Bertz CT molecular complexity index is 1250. The lowest BCUT2D eigenvalue weighted by atomic mass is 10.3. The average Bonchev–Trinajstić information content (AvgIpc) is 3.38. The van der Waals surface area contributed by atoms with Gasteiger partial charge in [-0.15, -0.1) is 10.2 Å². The van der Waals surface area contributed by atoms with E-state index in [1.165, 1.54) is 41.5 Å². The van der Waals surface area contributed by atoms with E-state index in [1.54, 1.807) is 17.0 Å². The van der Waals surface area contributed by atoms with E-state index in [-0.39, 0.29) is 16.8 Å². The zero-order chi connectivity index (χ0) is 23.0. The summed E-state index contributed by atoms with van der Waals surface area (Å²) in [5.74, 6) is 1.49. The van der Waals surface area contributed by atoms with Crippen molar-refractivity contribution in [3.63, 3.8) is 0 Å². The van der Waals surface area contributed by atoms with Crippen LogP contribution in [0.2, 0.25) is 0 Å². The molecule has 0 saturated heterocycles. The van der Waals surface area contributed by atoms with Gasteiger partial charge in [-0.05, 0) is 38.0 Å². The van der Waals surface area contributed by atoms with E-state index in [1.807, 2.05) is 19.9 Å². The third-order valence-corrected chi connectivity index (χ3v) is 9.17. The number of imidazole rings is 1. The monoisotopic (exact) mass is 494 g/mol. The normalized spacial score (nSPS) is 14.4. The molecule has 1 aliphatic carbocycles. The van der Waals surface area contributed by atoms with E-state index in [9.17, 15) is 13.2 Å². The van der Waals surface area contributed by atoms with Crippen LogP contribution in [0, 0.1) is 0 Å². The van der Waals surface area contributed by atoms with Gasteiger partial charge in [0.15, 0.2) is 4.34 Å². The highest BCUT2D eigenvalue weighted by molar-refractivity contribution is 8.00. The summed E-state index contributed by atoms with van der Waals surface area (Å²) in [5.41, 5.74) is 1.55. The summed E-state index contributed by atoms with van der Waals surface area (Å²) in [6.07, 6.45) is 2.48. The van der Waals surface area contributed by atoms with E-state index < -0.39 is 10.0 Å². The second-order valence-corrected chi connectivity index (χ2v) is 12.0. The lowest BCUT2D eigenvalue weighted by Crippen LogP contribution is -2.32. The Morgan fingerprint density at radius 1 is 1.25 bits per heavy atom. The van der Waals surface area contributed by atoms with Crippen LogP contribution in [-0.2, 0) is 27.1 Å². The SMILES string of the molecule is CCC(=O)N(c1nnc(SCc2nc3cc(S(=O)(=O)N(C)C)ccc3n2CC)s1)C1CC1. The van der Waals surface area contributed by atoms with Crippen LogP contribution in [0.4, 0.5) is 5.13 Å². The summed E-state index contributed by atoms with van der Waals surface area (Å²) in [5, 5.41) is 9.18. The molecule has 172 valence electrons. The van der Waals surface area contributed by atoms with Crippen LogP contribution in [0.1, 0.15) is 38.9 Å². The Labute approximate surface area is 195 Å². The van der Waals surface area contributed by atoms with Crippen molar-refractivity contribution in [1.82, 2.24) is 24.1 Å². The number of sulfonamides is 1. The number of fused-ring (bicyclic) bond motifs is 1. The summed E-state index contributed by atoms with van der Waals surface area (Å²) in [6.45, 7) is 4.61. The van der Waals surface area contributed by atoms with Crippen LogP contribution in [-0.4, -0.2) is 58.5 Å². The molecule has 0 unspecified atom stereocenters. The molecule has 1 saturated carbocycles. The molecule has 0 spiro atoms. The average molecular weight is 495 g/mol. The van der Waals surface area contributed by atoms with Crippen LogP contribution in [0.25, 0.3) is 11.0 Å². The van der Waals surface area contributed by atoms with E-state index in [0.717, 1.165) is 28.5 Å². The fourth-order valence-corrected chi connectivity index (χ4v) is 6.25. The van der Waals surface area contributed by atoms with E-state index in [4.69, 9.17) is 4.98 Å². The Kier molecular flexibility index (Phi) is 6.57. The van der Waals surface area contributed by atoms with Crippen LogP contribution >= 0.6 is 23.1 Å². The number of anilines is 1. The van der Waals surface area contributed by atoms with Gasteiger partial charge in [-0.1, -0.05) is 30.0 Å². The van der Waals surface area contributed by atoms with Gasteiger partial charge in [0.05, 0.1) is 21.7 Å². The smallest absolute Gasteiger partial charge is 0.242 e. The number of carbonyl (C=O) groups is 1. The largest absolute Gasteiger partial charge is 0.328 e. The van der Waals surface area contributed by atoms with Gasteiger partial charge in [0, 0.05) is 33.1 Å². The molecular formula is C20H26N6O3S3. The zero-order valence-electron chi connectivity index (χ0n) is 18.5. The molecule has 0 aliphatic heterocycles. The Morgan fingerprint density at radius 2 is 2.00 bits per heavy atom. The minimum absolute atomic E-state index is 0.0801. The van der Waals surface area contributed by atoms with Crippen molar-refractivity contribution in [2.24, 2.45) is 0 Å². The summed E-state index contributed by atoms with van der Waals surface area (Å²) < 4.78 is 29.0. The van der Waals surface area contributed by atoms with Gasteiger partial charge in [-0.2, -0.15) is 0 Å². The number of aryl methyl sites for hydroxylation is 1. The molecule has 4 rings (SSSR count). The van der Waals surface area contributed by atoms with Crippen LogP contribution in [0.15, 0.2) is 27.4 Å². The number of aromatic nitrogens is 4. The first-order chi connectivity index (χ1) is 15.3. The van der Waals surface area contributed by atoms with Gasteiger partial charge in [0.2, 0.25) is 21.1 Å². The quantitative estimate of drug-likeness (QED) is 0.332. The van der Waals surface area contributed by atoms with Crippen molar-refractivity contribution in [3.05, 3.63) is 24.0 Å². The molecule has 0 atom stereocenters. The molecule has 9 nitrogen and oxygen atoms in total. The number of amides is 1. The maximum atomic E-state index is 12.5. The number of hydrogen-bond donors (Lipinski definition) is 0. The summed E-state index contributed by atoms with van der Waals surface area (Å²) >= 11 is 2.95. The van der Waals surface area contributed by atoms with Crippen LogP contribution in [0.3, 0.4) is 0 Å². The molecule has 1 fully saturated rings. The highest BCUT2D eigenvalue weighted by atomic mass is 32.2. The van der Waals surface area contributed by atoms with Crippen LogP contribution in [0.5, 0.6) is 0 Å². The standard InChI is InChI=1S/C20H26N6O3S3/c1-5-18(27)26(13-7-8-13)19-22-23-20(31-19)30-12-17-21-15-11-14(32(28,29)24(3)4)9-10-16(15)25(17)6-2/h9-11,13H,5-8,12H2,1-4H3. The van der Waals surface area contributed by atoms with Crippen molar-refractivity contribution in [2.45, 2.75) is 60.7 Å². The minimum atomic E-state index is -3.52. The van der Waals surface area contributed by atoms with Gasteiger partial charge in [0.25, 0.3) is 0 Å². The lowest BCUT2D eigenvalue weighted by molar-refractivity contribution is -0.118. The molecular weight excluding hydrogens is 468 g/mol. The molecule has 1 aromatic carbocycles. The van der Waals surface area contributed by atoms with Crippen molar-refractivity contribution in [2.75, 3.05) is 19.0 Å². The molecule has 3 aromatic rings. The maximum Gasteiger partial charge on any atom is 0.242 e. The Hall–Kier alpha value is -2.02. The van der Waals surface area contributed by atoms with E-state index in [0.29, 0.717) is 29.4 Å². The van der Waals surface area contributed by atoms with Gasteiger partial charge in [0.1, 0.15) is 5.82 Å². The van der Waals surface area contributed by atoms with Gasteiger partial charge in [-0.3, -0.25) is 9.69 Å². The van der Waals surface area contributed by atoms with Gasteiger partial charge < -0.3 is 4.57 Å². The highest BCUT2D eigenvalue weighted by Crippen LogP contribution is 2.37. The number of thioether (sulfide) groups is 1.